The highest BCUT2D eigenvalue weighted by atomic mass is 35.5. The fourth-order valence-electron chi connectivity index (χ4n) is 1.52. The van der Waals surface area contributed by atoms with Crippen LogP contribution in [0, 0.1) is 10.1 Å². The van der Waals surface area contributed by atoms with E-state index in [-0.39, 0.29) is 35.3 Å². The Kier molecular flexibility index (Phi) is 8.18. The number of rotatable bonds is 8. The number of nitrogens with one attached hydrogen (secondary N) is 2. The summed E-state index contributed by atoms with van der Waals surface area (Å²) in [5.74, 6) is -0.0600. The molecular formula is C11H18ClN3O5S. The molecule has 0 radical (unpaired) electrons. The van der Waals surface area contributed by atoms with Crippen LogP contribution in [-0.2, 0) is 10.0 Å². The average Bonchev–Trinajstić information content (AvgIpc) is 2.42. The van der Waals surface area contributed by atoms with Crippen LogP contribution in [0.25, 0.3) is 0 Å². The fraction of sp³-hybridized carbons (Fsp3) is 0.455. The molecular weight excluding hydrogens is 322 g/mol. The van der Waals surface area contributed by atoms with Gasteiger partial charge in [-0.3, -0.25) is 10.1 Å². The predicted molar refractivity (Wildman–Crippen MR) is 80.6 cm³/mol. The van der Waals surface area contributed by atoms with Gasteiger partial charge in [0.1, 0.15) is 10.6 Å². The van der Waals surface area contributed by atoms with Gasteiger partial charge in [0.25, 0.3) is 5.69 Å². The molecule has 8 nitrogen and oxygen atoms in total. The van der Waals surface area contributed by atoms with E-state index in [1.165, 1.54) is 7.11 Å². The zero-order valence-corrected chi connectivity index (χ0v) is 13.3. The molecule has 0 bridgehead atoms. The molecule has 0 atom stereocenters. The number of methoxy groups -OCH3 is 1. The molecule has 0 fully saturated rings. The van der Waals surface area contributed by atoms with Crippen LogP contribution < -0.4 is 14.8 Å². The molecule has 1 aromatic rings. The van der Waals surface area contributed by atoms with Gasteiger partial charge >= 0.3 is 0 Å². The number of nitrogens with zero attached hydrogens (tertiary/aromatic N) is 1. The Labute approximate surface area is 129 Å². The van der Waals surface area contributed by atoms with Crippen LogP contribution in [0.4, 0.5) is 5.69 Å². The summed E-state index contributed by atoms with van der Waals surface area (Å²) in [6.07, 6.45) is 0. The van der Waals surface area contributed by atoms with Crippen molar-refractivity contribution in [3.63, 3.8) is 0 Å². The van der Waals surface area contributed by atoms with Crippen LogP contribution in [0.5, 0.6) is 5.75 Å². The maximum atomic E-state index is 12.1. The normalized spacial score (nSPS) is 10.8. The largest absolute Gasteiger partial charge is 0.495 e. The Balaban J connectivity index is 0.00000400. The van der Waals surface area contributed by atoms with Gasteiger partial charge in [0, 0.05) is 19.2 Å². The summed E-state index contributed by atoms with van der Waals surface area (Å²) in [5.41, 5.74) is -0.228. The standard InChI is InChI=1S/C11H17N3O5S.ClH/c1-3-12-6-7-13-20(17,18)11-5-4-9(14(15)16)8-10(11)19-2;/h4-5,8,12-13H,3,6-7H2,1-2H3;1H. The lowest BCUT2D eigenvalue weighted by Crippen LogP contribution is -2.32. The first-order valence-corrected chi connectivity index (χ1v) is 7.43. The van der Waals surface area contributed by atoms with Gasteiger partial charge in [0.2, 0.25) is 10.0 Å². The number of halogens is 1. The summed E-state index contributed by atoms with van der Waals surface area (Å²) >= 11 is 0. The van der Waals surface area contributed by atoms with Crippen LogP contribution in [0.15, 0.2) is 23.1 Å². The van der Waals surface area contributed by atoms with Gasteiger partial charge in [-0.15, -0.1) is 12.4 Å². The molecule has 0 aliphatic rings. The first-order chi connectivity index (χ1) is 9.42. The molecule has 0 aliphatic carbocycles. The quantitative estimate of drug-likeness (QED) is 0.414. The lowest BCUT2D eigenvalue weighted by molar-refractivity contribution is -0.385. The van der Waals surface area contributed by atoms with Crippen LogP contribution in [0.3, 0.4) is 0 Å². The number of hydrogen-bond donors (Lipinski definition) is 2. The lowest BCUT2D eigenvalue weighted by atomic mass is 10.3. The number of sulfonamides is 1. The molecule has 0 unspecified atom stereocenters. The molecule has 10 heteroatoms. The first kappa shape index (κ1) is 19.6. The van der Waals surface area contributed by atoms with Crippen molar-refractivity contribution in [2.75, 3.05) is 26.7 Å². The van der Waals surface area contributed by atoms with E-state index < -0.39 is 14.9 Å². The first-order valence-electron chi connectivity index (χ1n) is 5.95. The summed E-state index contributed by atoms with van der Waals surface area (Å²) in [4.78, 5) is 9.91. The molecule has 0 saturated heterocycles. The third-order valence-electron chi connectivity index (χ3n) is 2.49. The zero-order valence-electron chi connectivity index (χ0n) is 11.7. The van der Waals surface area contributed by atoms with Crippen LogP contribution >= 0.6 is 12.4 Å². The van der Waals surface area contributed by atoms with Gasteiger partial charge in [0.15, 0.2) is 0 Å². The van der Waals surface area contributed by atoms with Gasteiger partial charge in [-0.2, -0.15) is 0 Å². The topological polar surface area (TPSA) is 111 Å². The van der Waals surface area contributed by atoms with E-state index in [9.17, 15) is 18.5 Å². The van der Waals surface area contributed by atoms with E-state index in [2.05, 4.69) is 10.0 Å². The second kappa shape index (κ2) is 8.78. The number of ether oxygens (including phenoxy) is 1. The number of non-ortho nitro benzene ring substituents is 1. The SMILES string of the molecule is CCNCCNS(=O)(=O)c1ccc([N+](=O)[O-])cc1OC.Cl. The molecule has 0 saturated carbocycles. The molecule has 120 valence electrons. The van der Waals surface area contributed by atoms with Gasteiger partial charge in [-0.1, -0.05) is 6.92 Å². The van der Waals surface area contributed by atoms with Crippen molar-refractivity contribution in [2.45, 2.75) is 11.8 Å². The zero-order chi connectivity index (χ0) is 15.2. The summed E-state index contributed by atoms with van der Waals surface area (Å²) in [6.45, 7) is 3.36. The number of nitro groups is 1. The van der Waals surface area contributed by atoms with Crippen LogP contribution in [0.2, 0.25) is 0 Å². The van der Waals surface area contributed by atoms with E-state index in [4.69, 9.17) is 4.74 Å². The molecule has 0 amide bonds. The number of benzene rings is 1. The smallest absolute Gasteiger partial charge is 0.273 e. The Morgan fingerprint density at radius 2 is 2.00 bits per heavy atom. The third-order valence-corrected chi connectivity index (χ3v) is 3.99. The minimum Gasteiger partial charge on any atom is -0.495 e. The van der Waals surface area contributed by atoms with Crippen LogP contribution in [-0.4, -0.2) is 40.1 Å². The molecule has 1 aromatic carbocycles. The van der Waals surface area contributed by atoms with Gasteiger partial charge in [-0.25, -0.2) is 13.1 Å². The maximum Gasteiger partial charge on any atom is 0.273 e. The molecule has 0 heterocycles. The summed E-state index contributed by atoms with van der Waals surface area (Å²) < 4.78 is 31.4. The highest BCUT2D eigenvalue weighted by molar-refractivity contribution is 7.89. The summed E-state index contributed by atoms with van der Waals surface area (Å²) in [5, 5.41) is 13.6. The minimum absolute atomic E-state index is 0. The second-order valence-electron chi connectivity index (χ2n) is 3.84. The Morgan fingerprint density at radius 3 is 2.52 bits per heavy atom. The molecule has 0 spiro atoms. The van der Waals surface area contributed by atoms with E-state index in [1.807, 2.05) is 6.92 Å². The maximum absolute atomic E-state index is 12.1. The average molecular weight is 340 g/mol. The van der Waals surface area contributed by atoms with Crippen LogP contribution in [0.1, 0.15) is 6.92 Å². The highest BCUT2D eigenvalue weighted by Crippen LogP contribution is 2.27. The third kappa shape index (κ3) is 5.46. The fourth-order valence-corrected chi connectivity index (χ4v) is 2.70. The minimum atomic E-state index is -3.76. The van der Waals surface area contributed by atoms with Crippen molar-refractivity contribution in [1.82, 2.24) is 10.0 Å². The Bertz CT molecular complexity index is 579. The molecule has 2 N–H and O–H groups in total. The van der Waals surface area contributed by atoms with Crippen molar-refractivity contribution >= 4 is 28.1 Å². The highest BCUT2D eigenvalue weighted by Gasteiger charge is 2.21. The Morgan fingerprint density at radius 1 is 1.33 bits per heavy atom. The van der Waals surface area contributed by atoms with E-state index in [0.29, 0.717) is 6.54 Å². The van der Waals surface area contributed by atoms with Gasteiger partial charge in [0.05, 0.1) is 18.1 Å². The van der Waals surface area contributed by atoms with Crippen molar-refractivity contribution in [3.05, 3.63) is 28.3 Å². The van der Waals surface area contributed by atoms with Gasteiger partial charge in [-0.05, 0) is 12.6 Å². The van der Waals surface area contributed by atoms with E-state index >= 15 is 0 Å². The van der Waals surface area contributed by atoms with Crippen molar-refractivity contribution in [1.29, 1.82) is 0 Å². The summed E-state index contributed by atoms with van der Waals surface area (Å²) in [6, 6.07) is 3.37. The predicted octanol–water partition coefficient (Wildman–Crippen LogP) is 0.913. The second-order valence-corrected chi connectivity index (χ2v) is 5.58. The Hall–Kier alpha value is -1.42. The lowest BCUT2D eigenvalue weighted by Gasteiger charge is -2.10. The summed E-state index contributed by atoms with van der Waals surface area (Å²) in [7, 11) is -2.50. The molecule has 1 rings (SSSR count). The number of nitro benzene ring substituents is 1. The monoisotopic (exact) mass is 339 g/mol. The number of likely N-dealkylation sites (N-methyl/N-ethyl adjacent to an activating group) is 1. The van der Waals surface area contributed by atoms with E-state index in [0.717, 1.165) is 24.7 Å². The molecule has 0 aromatic heterocycles. The van der Waals surface area contributed by atoms with Gasteiger partial charge < -0.3 is 10.1 Å². The number of hydrogen-bond acceptors (Lipinski definition) is 6. The molecule has 21 heavy (non-hydrogen) atoms. The van der Waals surface area contributed by atoms with Crippen molar-refractivity contribution < 1.29 is 18.1 Å². The molecule has 0 aliphatic heterocycles. The van der Waals surface area contributed by atoms with Crippen molar-refractivity contribution in [2.24, 2.45) is 0 Å². The van der Waals surface area contributed by atoms with Crippen molar-refractivity contribution in [3.8, 4) is 5.75 Å². The van der Waals surface area contributed by atoms with E-state index in [1.54, 1.807) is 0 Å².